The predicted molar refractivity (Wildman–Crippen MR) is 72.5 cm³/mol. The Kier molecular flexibility index (Phi) is 4.43. The minimum atomic E-state index is 0.343. The normalized spacial score (nSPS) is 17.4. The number of aliphatic hydroxyl groups is 1. The van der Waals surface area contributed by atoms with Crippen molar-refractivity contribution in [2.75, 3.05) is 24.6 Å². The van der Waals surface area contributed by atoms with E-state index in [0.717, 1.165) is 31.8 Å². The summed E-state index contributed by atoms with van der Waals surface area (Å²) in [6.07, 6.45) is 4.52. The highest BCUT2D eigenvalue weighted by Crippen LogP contribution is 2.27. The van der Waals surface area contributed by atoms with Crippen molar-refractivity contribution in [2.45, 2.75) is 32.6 Å². The minimum absolute atomic E-state index is 0.343. The molecular formula is C15H23NO. The number of nitrogens with zero attached hydrogens (tertiary/aromatic N) is 1. The SMILES string of the molecule is CCc1ccccc1N1CCC(CCO)CC1. The Labute approximate surface area is 104 Å². The van der Waals surface area contributed by atoms with E-state index in [1.54, 1.807) is 0 Å². The second kappa shape index (κ2) is 6.06. The van der Waals surface area contributed by atoms with E-state index in [-0.39, 0.29) is 0 Å². The van der Waals surface area contributed by atoms with Gasteiger partial charge >= 0.3 is 0 Å². The monoisotopic (exact) mass is 233 g/mol. The second-order valence-corrected chi connectivity index (χ2v) is 4.92. The van der Waals surface area contributed by atoms with E-state index in [0.29, 0.717) is 6.61 Å². The molecule has 1 fully saturated rings. The highest BCUT2D eigenvalue weighted by molar-refractivity contribution is 5.53. The topological polar surface area (TPSA) is 23.5 Å². The zero-order valence-corrected chi connectivity index (χ0v) is 10.7. The molecule has 0 aliphatic carbocycles. The number of hydrogen-bond acceptors (Lipinski definition) is 2. The Morgan fingerprint density at radius 2 is 1.94 bits per heavy atom. The van der Waals surface area contributed by atoms with Gasteiger partial charge < -0.3 is 10.0 Å². The van der Waals surface area contributed by atoms with Gasteiger partial charge in [-0.1, -0.05) is 25.1 Å². The van der Waals surface area contributed by atoms with Crippen LogP contribution in [0.1, 0.15) is 31.7 Å². The van der Waals surface area contributed by atoms with Gasteiger partial charge in [-0.05, 0) is 43.2 Å². The molecule has 0 atom stereocenters. The van der Waals surface area contributed by atoms with E-state index in [2.05, 4.69) is 36.1 Å². The molecule has 1 aliphatic heterocycles. The lowest BCUT2D eigenvalue weighted by atomic mass is 9.93. The first-order valence-electron chi connectivity index (χ1n) is 6.79. The highest BCUT2D eigenvalue weighted by atomic mass is 16.3. The van der Waals surface area contributed by atoms with Crippen LogP contribution in [0.5, 0.6) is 0 Å². The Hall–Kier alpha value is -1.02. The van der Waals surface area contributed by atoms with Crippen LogP contribution in [0.15, 0.2) is 24.3 Å². The lowest BCUT2D eigenvalue weighted by molar-refractivity contribution is 0.240. The van der Waals surface area contributed by atoms with Gasteiger partial charge in [0.1, 0.15) is 0 Å². The quantitative estimate of drug-likeness (QED) is 0.864. The third-order valence-electron chi connectivity index (χ3n) is 3.87. The van der Waals surface area contributed by atoms with Crippen LogP contribution >= 0.6 is 0 Å². The summed E-state index contributed by atoms with van der Waals surface area (Å²) in [5.41, 5.74) is 2.87. The maximum atomic E-state index is 8.97. The van der Waals surface area contributed by atoms with Gasteiger partial charge in [-0.2, -0.15) is 0 Å². The summed E-state index contributed by atoms with van der Waals surface area (Å²) in [6, 6.07) is 8.73. The molecule has 1 N–H and O–H groups in total. The molecule has 2 nitrogen and oxygen atoms in total. The first-order chi connectivity index (χ1) is 8.35. The molecule has 1 aromatic carbocycles. The van der Waals surface area contributed by atoms with Gasteiger partial charge in [-0.15, -0.1) is 0 Å². The van der Waals surface area contributed by atoms with Crippen LogP contribution in [0.3, 0.4) is 0 Å². The van der Waals surface area contributed by atoms with Gasteiger partial charge in [0.15, 0.2) is 0 Å². The first kappa shape index (κ1) is 12.4. The molecular weight excluding hydrogens is 210 g/mol. The Balaban J connectivity index is 2.00. The standard InChI is InChI=1S/C15H23NO/c1-2-14-5-3-4-6-15(14)16-10-7-13(8-11-16)9-12-17/h3-6,13,17H,2,7-12H2,1H3. The number of hydrogen-bond donors (Lipinski definition) is 1. The average Bonchev–Trinajstić information content (AvgIpc) is 2.40. The van der Waals surface area contributed by atoms with Gasteiger partial charge in [-0.25, -0.2) is 0 Å². The molecule has 1 aliphatic rings. The lowest BCUT2D eigenvalue weighted by Crippen LogP contribution is -2.34. The minimum Gasteiger partial charge on any atom is -0.396 e. The number of anilines is 1. The third-order valence-corrected chi connectivity index (χ3v) is 3.87. The van der Waals surface area contributed by atoms with Crippen molar-refractivity contribution in [2.24, 2.45) is 5.92 Å². The molecule has 1 saturated heterocycles. The fraction of sp³-hybridized carbons (Fsp3) is 0.600. The summed E-state index contributed by atoms with van der Waals surface area (Å²) in [4.78, 5) is 2.51. The van der Waals surface area contributed by atoms with Crippen molar-refractivity contribution >= 4 is 5.69 Å². The number of para-hydroxylation sites is 1. The van der Waals surface area contributed by atoms with Gasteiger partial charge in [-0.3, -0.25) is 0 Å². The van der Waals surface area contributed by atoms with E-state index >= 15 is 0 Å². The van der Waals surface area contributed by atoms with Crippen molar-refractivity contribution < 1.29 is 5.11 Å². The number of benzene rings is 1. The maximum absolute atomic E-state index is 8.97. The van der Waals surface area contributed by atoms with Crippen LogP contribution < -0.4 is 4.90 Å². The van der Waals surface area contributed by atoms with Crippen LogP contribution in [0.25, 0.3) is 0 Å². The number of aryl methyl sites for hydroxylation is 1. The number of piperidine rings is 1. The van der Waals surface area contributed by atoms with Crippen LogP contribution in [0.2, 0.25) is 0 Å². The number of rotatable bonds is 4. The molecule has 2 rings (SSSR count). The molecule has 0 amide bonds. The fourth-order valence-corrected chi connectivity index (χ4v) is 2.76. The largest absolute Gasteiger partial charge is 0.396 e. The van der Waals surface area contributed by atoms with Crippen molar-refractivity contribution in [3.05, 3.63) is 29.8 Å². The second-order valence-electron chi connectivity index (χ2n) is 4.92. The average molecular weight is 233 g/mol. The molecule has 17 heavy (non-hydrogen) atoms. The molecule has 1 heterocycles. The molecule has 0 spiro atoms. The molecule has 0 saturated carbocycles. The van der Waals surface area contributed by atoms with E-state index in [4.69, 9.17) is 5.11 Å². The Bertz CT molecular complexity index is 343. The zero-order chi connectivity index (χ0) is 12.1. The van der Waals surface area contributed by atoms with E-state index in [9.17, 15) is 0 Å². The fourth-order valence-electron chi connectivity index (χ4n) is 2.76. The molecule has 0 bridgehead atoms. The third kappa shape index (κ3) is 3.01. The summed E-state index contributed by atoms with van der Waals surface area (Å²) in [6.45, 7) is 4.84. The Morgan fingerprint density at radius 3 is 2.59 bits per heavy atom. The first-order valence-corrected chi connectivity index (χ1v) is 6.79. The molecule has 0 aromatic heterocycles. The summed E-state index contributed by atoms with van der Waals surface area (Å²) in [5, 5.41) is 8.97. The Morgan fingerprint density at radius 1 is 1.24 bits per heavy atom. The van der Waals surface area contributed by atoms with Crippen molar-refractivity contribution in [1.29, 1.82) is 0 Å². The van der Waals surface area contributed by atoms with Crippen LogP contribution in [0.4, 0.5) is 5.69 Å². The lowest BCUT2D eigenvalue weighted by Gasteiger charge is -2.34. The summed E-state index contributed by atoms with van der Waals surface area (Å²) in [7, 11) is 0. The van der Waals surface area contributed by atoms with E-state index in [1.165, 1.54) is 24.1 Å². The van der Waals surface area contributed by atoms with Crippen molar-refractivity contribution in [3.63, 3.8) is 0 Å². The summed E-state index contributed by atoms with van der Waals surface area (Å²) >= 11 is 0. The zero-order valence-electron chi connectivity index (χ0n) is 10.7. The molecule has 0 unspecified atom stereocenters. The molecule has 1 aromatic rings. The summed E-state index contributed by atoms with van der Waals surface area (Å²) < 4.78 is 0. The van der Waals surface area contributed by atoms with Crippen molar-refractivity contribution in [3.8, 4) is 0 Å². The van der Waals surface area contributed by atoms with Gasteiger partial charge in [0.25, 0.3) is 0 Å². The van der Waals surface area contributed by atoms with E-state index < -0.39 is 0 Å². The van der Waals surface area contributed by atoms with E-state index in [1.807, 2.05) is 0 Å². The smallest absolute Gasteiger partial charge is 0.0433 e. The maximum Gasteiger partial charge on any atom is 0.0433 e. The van der Waals surface area contributed by atoms with Crippen LogP contribution in [-0.4, -0.2) is 24.8 Å². The molecule has 2 heteroatoms. The van der Waals surface area contributed by atoms with Crippen LogP contribution in [0, 0.1) is 5.92 Å². The van der Waals surface area contributed by atoms with Gasteiger partial charge in [0.05, 0.1) is 0 Å². The van der Waals surface area contributed by atoms with Gasteiger partial charge in [0, 0.05) is 25.4 Å². The molecule has 0 radical (unpaired) electrons. The number of aliphatic hydroxyl groups excluding tert-OH is 1. The van der Waals surface area contributed by atoms with Gasteiger partial charge in [0.2, 0.25) is 0 Å². The van der Waals surface area contributed by atoms with Crippen molar-refractivity contribution in [1.82, 2.24) is 0 Å². The summed E-state index contributed by atoms with van der Waals surface area (Å²) in [5.74, 6) is 0.727. The predicted octanol–water partition coefficient (Wildman–Crippen LogP) is 2.85. The highest BCUT2D eigenvalue weighted by Gasteiger charge is 2.19. The molecule has 94 valence electrons. The van der Waals surface area contributed by atoms with Crippen LogP contribution in [-0.2, 0) is 6.42 Å².